The van der Waals surface area contributed by atoms with Gasteiger partial charge in [0.05, 0.1) is 41.2 Å². The first kappa shape index (κ1) is 30.7. The van der Waals surface area contributed by atoms with Crippen LogP contribution in [0.5, 0.6) is 28.7 Å². The number of aliphatic hydroxyl groups is 4. The van der Waals surface area contributed by atoms with Crippen LogP contribution in [0, 0.1) is 0 Å². The molecule has 226 valence electrons. The van der Waals surface area contributed by atoms with Gasteiger partial charge in [0.25, 0.3) is 0 Å². The van der Waals surface area contributed by atoms with Crippen LogP contribution >= 0.6 is 0 Å². The van der Waals surface area contributed by atoms with Crippen molar-refractivity contribution < 1.29 is 53.6 Å². The molecule has 14 nitrogen and oxygen atoms in total. The first-order chi connectivity index (χ1) is 20.2. The third-order valence-electron chi connectivity index (χ3n) is 6.63. The molecule has 0 saturated carbocycles. The first-order valence-electron chi connectivity index (χ1n) is 12.8. The molecule has 3 aromatic rings. The molecule has 0 bridgehead atoms. The van der Waals surface area contributed by atoms with Gasteiger partial charge in [-0.1, -0.05) is 17.4 Å². The molecule has 1 aliphatic heterocycles. The number of allylic oxidation sites excluding steroid dienone is 1. The van der Waals surface area contributed by atoms with E-state index in [0.29, 0.717) is 45.6 Å². The predicted octanol–water partition coefficient (Wildman–Crippen LogP) is 0.760. The number of ketones is 1. The van der Waals surface area contributed by atoms with E-state index in [1.165, 1.54) is 45.4 Å². The minimum Gasteiger partial charge on any atom is -0.493 e. The van der Waals surface area contributed by atoms with Crippen LogP contribution in [-0.4, -0.2) is 101 Å². The van der Waals surface area contributed by atoms with Gasteiger partial charge in [0.2, 0.25) is 5.75 Å². The van der Waals surface area contributed by atoms with Crippen molar-refractivity contribution in [1.29, 1.82) is 0 Å². The van der Waals surface area contributed by atoms with E-state index in [1.54, 1.807) is 36.4 Å². The second-order valence-corrected chi connectivity index (χ2v) is 9.22. The van der Waals surface area contributed by atoms with Crippen molar-refractivity contribution in [1.82, 2.24) is 15.0 Å². The van der Waals surface area contributed by atoms with Crippen LogP contribution < -0.4 is 23.7 Å². The smallest absolute Gasteiger partial charge is 0.203 e. The predicted molar refractivity (Wildman–Crippen MR) is 146 cm³/mol. The largest absolute Gasteiger partial charge is 0.493 e. The summed E-state index contributed by atoms with van der Waals surface area (Å²) in [5.74, 6) is 1.63. The minimum absolute atomic E-state index is 0.0252. The van der Waals surface area contributed by atoms with Crippen LogP contribution in [0.25, 0.3) is 6.08 Å². The van der Waals surface area contributed by atoms with E-state index in [2.05, 4.69) is 10.3 Å². The zero-order valence-corrected chi connectivity index (χ0v) is 23.4. The second-order valence-electron chi connectivity index (χ2n) is 9.22. The molecule has 1 aromatic heterocycles. The van der Waals surface area contributed by atoms with Gasteiger partial charge in [0.1, 0.15) is 36.7 Å². The van der Waals surface area contributed by atoms with E-state index in [-0.39, 0.29) is 12.4 Å². The van der Waals surface area contributed by atoms with Crippen molar-refractivity contribution >= 4 is 11.9 Å². The normalized spacial score (nSPS) is 22.1. The standard InChI is InChI=1S/C28H33N3O11/c1-37-20-9-15(5-7-18(33)16-10-21(38-2)27(40-4)22(11-16)39-3)6-8-19(20)41-14-17-12-31(30-29-17)28-26(36)25(35)24(34)23(13-32)42-28/h5-12,23-26,28,32,34-36H,13-14H2,1-4H3/b7-5+/t23-,24-,25+,26-,28-/m1/s1. The van der Waals surface area contributed by atoms with Crippen LogP contribution in [0.2, 0.25) is 0 Å². The zero-order valence-electron chi connectivity index (χ0n) is 23.4. The lowest BCUT2D eigenvalue weighted by atomic mass is 9.98. The molecular weight excluding hydrogens is 554 g/mol. The van der Waals surface area contributed by atoms with Crippen LogP contribution in [0.3, 0.4) is 0 Å². The van der Waals surface area contributed by atoms with Gasteiger partial charge in [-0.2, -0.15) is 0 Å². The maximum Gasteiger partial charge on any atom is 0.203 e. The highest BCUT2D eigenvalue weighted by Gasteiger charge is 2.44. The molecule has 1 aliphatic rings. The number of aliphatic hydroxyl groups excluding tert-OH is 4. The summed E-state index contributed by atoms with van der Waals surface area (Å²) < 4.78 is 33.9. The van der Waals surface area contributed by atoms with Gasteiger partial charge >= 0.3 is 0 Å². The molecule has 0 unspecified atom stereocenters. The lowest BCUT2D eigenvalue weighted by Crippen LogP contribution is -2.56. The molecule has 4 N–H and O–H groups in total. The van der Waals surface area contributed by atoms with Crippen molar-refractivity contribution in [2.45, 2.75) is 37.3 Å². The number of rotatable bonds is 12. The molecule has 14 heteroatoms. The van der Waals surface area contributed by atoms with Crippen molar-refractivity contribution in [3.63, 3.8) is 0 Å². The Morgan fingerprint density at radius 3 is 2.24 bits per heavy atom. The van der Waals surface area contributed by atoms with E-state index < -0.39 is 37.3 Å². The molecule has 0 spiro atoms. The summed E-state index contributed by atoms with van der Waals surface area (Å²) in [5, 5.41) is 47.6. The summed E-state index contributed by atoms with van der Waals surface area (Å²) in [4.78, 5) is 12.9. The van der Waals surface area contributed by atoms with Gasteiger partial charge in [-0.15, -0.1) is 5.10 Å². The lowest BCUT2D eigenvalue weighted by molar-refractivity contribution is -0.254. The van der Waals surface area contributed by atoms with Crippen molar-refractivity contribution in [2.24, 2.45) is 0 Å². The summed E-state index contributed by atoms with van der Waals surface area (Å²) in [6.07, 6.45) is -2.29. The Balaban J connectivity index is 1.43. The summed E-state index contributed by atoms with van der Waals surface area (Å²) in [6.45, 7) is -0.585. The number of hydrogen-bond donors (Lipinski definition) is 4. The maximum absolute atomic E-state index is 12.9. The highest BCUT2D eigenvalue weighted by Crippen LogP contribution is 2.38. The van der Waals surface area contributed by atoms with Gasteiger partial charge < -0.3 is 48.8 Å². The molecule has 2 heterocycles. The van der Waals surface area contributed by atoms with Crippen molar-refractivity contribution in [2.75, 3.05) is 35.0 Å². The zero-order chi connectivity index (χ0) is 30.4. The van der Waals surface area contributed by atoms with Crippen LogP contribution in [0.4, 0.5) is 0 Å². The molecule has 42 heavy (non-hydrogen) atoms. The van der Waals surface area contributed by atoms with Gasteiger partial charge in [-0.05, 0) is 35.9 Å². The molecule has 1 fully saturated rings. The molecule has 0 amide bonds. The monoisotopic (exact) mass is 587 g/mol. The van der Waals surface area contributed by atoms with E-state index >= 15 is 0 Å². The van der Waals surface area contributed by atoms with E-state index in [4.69, 9.17) is 28.4 Å². The Morgan fingerprint density at radius 1 is 0.929 bits per heavy atom. The van der Waals surface area contributed by atoms with Gasteiger partial charge in [-0.25, -0.2) is 4.68 Å². The van der Waals surface area contributed by atoms with E-state index in [1.807, 2.05) is 0 Å². The number of aromatic nitrogens is 3. The number of carbonyl (C=O) groups excluding carboxylic acids is 1. The number of nitrogens with zero attached hydrogens (tertiary/aromatic N) is 3. The Labute approximate surface area is 241 Å². The van der Waals surface area contributed by atoms with E-state index in [0.717, 1.165) is 0 Å². The average Bonchev–Trinajstić information content (AvgIpc) is 3.49. The fourth-order valence-corrected chi connectivity index (χ4v) is 4.35. The molecule has 0 aliphatic carbocycles. The topological polar surface area (TPSA) is 184 Å². The molecule has 0 radical (unpaired) electrons. The molecule has 4 rings (SSSR count). The van der Waals surface area contributed by atoms with Crippen LogP contribution in [0.1, 0.15) is 27.8 Å². The highest BCUT2D eigenvalue weighted by molar-refractivity contribution is 6.07. The van der Waals surface area contributed by atoms with E-state index in [9.17, 15) is 25.2 Å². The average molecular weight is 588 g/mol. The van der Waals surface area contributed by atoms with Crippen molar-refractivity contribution in [3.05, 3.63) is 59.4 Å². The number of ether oxygens (including phenoxy) is 6. The quantitative estimate of drug-likeness (QED) is 0.172. The molecule has 2 aromatic carbocycles. The Bertz CT molecular complexity index is 1380. The number of carbonyl (C=O) groups is 1. The third kappa shape index (κ3) is 6.48. The summed E-state index contributed by atoms with van der Waals surface area (Å²) in [6, 6.07) is 8.24. The van der Waals surface area contributed by atoms with Crippen LogP contribution in [0.15, 0.2) is 42.6 Å². The number of hydrogen-bond acceptors (Lipinski definition) is 13. The molecular formula is C28H33N3O11. The summed E-state index contributed by atoms with van der Waals surface area (Å²) in [7, 11) is 5.90. The molecule has 1 saturated heterocycles. The molecule has 5 atom stereocenters. The highest BCUT2D eigenvalue weighted by atomic mass is 16.6. The second kappa shape index (κ2) is 13.6. The summed E-state index contributed by atoms with van der Waals surface area (Å²) in [5.41, 5.74) is 1.40. The minimum atomic E-state index is -1.54. The third-order valence-corrected chi connectivity index (χ3v) is 6.63. The van der Waals surface area contributed by atoms with Gasteiger partial charge in [0.15, 0.2) is 35.0 Å². The van der Waals surface area contributed by atoms with Crippen molar-refractivity contribution in [3.8, 4) is 28.7 Å². The SMILES string of the molecule is COc1cc(/C=C/C(=O)c2cc(OC)c(OC)c(OC)c2)ccc1OCc1cn([C@@H]2O[C@H](CO)[C@@H](O)[C@H](O)[C@H]2O)nn1. The maximum atomic E-state index is 12.9. The fourth-order valence-electron chi connectivity index (χ4n) is 4.35. The fraction of sp³-hybridized carbons (Fsp3) is 0.393. The van der Waals surface area contributed by atoms with Gasteiger partial charge in [0, 0.05) is 5.56 Å². The summed E-state index contributed by atoms with van der Waals surface area (Å²) >= 11 is 0. The van der Waals surface area contributed by atoms with Crippen LogP contribution in [-0.2, 0) is 11.3 Å². The Morgan fingerprint density at radius 2 is 1.62 bits per heavy atom. The number of benzene rings is 2. The lowest BCUT2D eigenvalue weighted by Gasteiger charge is -2.39. The Hall–Kier alpha value is -4.21. The Kier molecular flexibility index (Phi) is 9.98. The number of methoxy groups -OCH3 is 4. The first-order valence-corrected chi connectivity index (χ1v) is 12.8. The van der Waals surface area contributed by atoms with Gasteiger partial charge in [-0.3, -0.25) is 4.79 Å².